The number of amides is 1. The van der Waals surface area contributed by atoms with Gasteiger partial charge in [-0.15, -0.1) is 0 Å². The van der Waals surface area contributed by atoms with Gasteiger partial charge in [0, 0.05) is 15.2 Å². The van der Waals surface area contributed by atoms with Gasteiger partial charge in [0.15, 0.2) is 11.7 Å². The minimum Gasteiger partial charge on any atom is -0.482 e. The van der Waals surface area contributed by atoms with Gasteiger partial charge in [0.1, 0.15) is 5.75 Å². The number of nitrogens with one attached hydrogen (secondary N) is 2. The molecule has 0 unspecified atom stereocenters. The highest BCUT2D eigenvalue weighted by atomic mass is 79.9. The van der Waals surface area contributed by atoms with E-state index in [0.717, 1.165) is 4.47 Å². The molecule has 0 saturated heterocycles. The van der Waals surface area contributed by atoms with Crippen LogP contribution in [0.1, 0.15) is 0 Å². The largest absolute Gasteiger partial charge is 0.482 e. The Morgan fingerprint density at radius 3 is 2.54 bits per heavy atom. The van der Waals surface area contributed by atoms with E-state index in [9.17, 15) is 4.79 Å². The fourth-order valence-corrected chi connectivity index (χ4v) is 2.76. The van der Waals surface area contributed by atoms with Gasteiger partial charge in [0.05, 0.1) is 10.0 Å². The molecule has 0 heterocycles. The number of rotatable bonds is 4. The maximum Gasteiger partial charge on any atom is 0.264 e. The summed E-state index contributed by atoms with van der Waals surface area (Å²) >= 11 is 26.1. The molecule has 0 aromatic heterocycles. The minimum absolute atomic E-state index is 0.129. The number of anilines is 1. The van der Waals surface area contributed by atoms with Gasteiger partial charge in [0.25, 0.3) is 5.91 Å². The van der Waals surface area contributed by atoms with Crippen LogP contribution >= 0.6 is 63.0 Å². The van der Waals surface area contributed by atoms with Crippen LogP contribution in [0.3, 0.4) is 0 Å². The second-order valence-corrected chi connectivity index (χ2v) is 7.01. The topological polar surface area (TPSA) is 50.4 Å². The van der Waals surface area contributed by atoms with Gasteiger partial charge in [-0.05, 0) is 64.5 Å². The lowest BCUT2D eigenvalue weighted by molar-refractivity contribution is -0.121. The van der Waals surface area contributed by atoms with Crippen molar-refractivity contribution >= 4 is 79.7 Å². The molecule has 2 aromatic carbocycles. The summed E-state index contributed by atoms with van der Waals surface area (Å²) in [7, 11) is 0. The molecule has 1 amide bonds. The Morgan fingerprint density at radius 2 is 1.88 bits per heavy atom. The molecule has 24 heavy (non-hydrogen) atoms. The van der Waals surface area contributed by atoms with E-state index in [-0.39, 0.29) is 11.7 Å². The SMILES string of the molecule is O=C(COc1ccc(Cl)cc1Cl)NC(=S)Nc1ccc(Br)c(Cl)c1. The Labute approximate surface area is 167 Å². The summed E-state index contributed by atoms with van der Waals surface area (Å²) in [6.07, 6.45) is 0. The quantitative estimate of drug-likeness (QED) is 0.598. The highest BCUT2D eigenvalue weighted by molar-refractivity contribution is 9.10. The van der Waals surface area contributed by atoms with Gasteiger partial charge in [-0.1, -0.05) is 34.8 Å². The molecule has 126 valence electrons. The van der Waals surface area contributed by atoms with Crippen LogP contribution in [0, 0.1) is 0 Å². The fraction of sp³-hybridized carbons (Fsp3) is 0.0667. The van der Waals surface area contributed by atoms with Crippen molar-refractivity contribution in [2.75, 3.05) is 11.9 Å². The molecule has 9 heteroatoms. The molecule has 0 fully saturated rings. The highest BCUT2D eigenvalue weighted by Gasteiger charge is 2.09. The molecule has 0 aliphatic rings. The fourth-order valence-electron chi connectivity index (χ4n) is 1.63. The first kappa shape index (κ1) is 19.3. The molecule has 0 spiro atoms. The van der Waals surface area contributed by atoms with E-state index in [2.05, 4.69) is 26.6 Å². The van der Waals surface area contributed by atoms with E-state index < -0.39 is 5.91 Å². The first-order chi connectivity index (χ1) is 11.3. The first-order valence-corrected chi connectivity index (χ1v) is 8.82. The zero-order valence-electron chi connectivity index (χ0n) is 11.9. The first-order valence-electron chi connectivity index (χ1n) is 6.49. The molecule has 0 aliphatic carbocycles. The van der Waals surface area contributed by atoms with Crippen LogP contribution in [0.25, 0.3) is 0 Å². The molecule has 0 saturated carbocycles. The summed E-state index contributed by atoms with van der Waals surface area (Å²) < 4.78 is 6.08. The second-order valence-electron chi connectivity index (χ2n) is 4.49. The molecule has 0 aliphatic heterocycles. The van der Waals surface area contributed by atoms with Crippen LogP contribution in [0.2, 0.25) is 15.1 Å². The van der Waals surface area contributed by atoms with Crippen molar-refractivity contribution in [3.05, 3.63) is 55.9 Å². The van der Waals surface area contributed by atoms with Gasteiger partial charge in [0.2, 0.25) is 0 Å². The van der Waals surface area contributed by atoms with Crippen LogP contribution in [0.15, 0.2) is 40.9 Å². The van der Waals surface area contributed by atoms with E-state index >= 15 is 0 Å². The van der Waals surface area contributed by atoms with Crippen molar-refractivity contribution in [1.82, 2.24) is 5.32 Å². The van der Waals surface area contributed by atoms with Crippen LogP contribution < -0.4 is 15.4 Å². The third-order valence-electron chi connectivity index (χ3n) is 2.68. The predicted molar refractivity (Wildman–Crippen MR) is 105 cm³/mol. The van der Waals surface area contributed by atoms with Crippen LogP contribution in [0.5, 0.6) is 5.75 Å². The summed E-state index contributed by atoms with van der Waals surface area (Å²) in [6, 6.07) is 9.93. The molecule has 0 radical (unpaired) electrons. The maximum atomic E-state index is 11.8. The van der Waals surface area contributed by atoms with E-state index in [1.807, 2.05) is 0 Å². The van der Waals surface area contributed by atoms with Crippen molar-refractivity contribution in [3.63, 3.8) is 0 Å². The number of thiocarbonyl (C=S) groups is 1. The van der Waals surface area contributed by atoms with Crippen molar-refractivity contribution in [3.8, 4) is 5.75 Å². The summed E-state index contributed by atoms with van der Waals surface area (Å²) in [5.41, 5.74) is 0.648. The minimum atomic E-state index is -0.429. The Hall–Kier alpha value is -1.05. The number of benzene rings is 2. The third kappa shape index (κ3) is 5.79. The molecule has 0 atom stereocenters. The molecular weight excluding hydrogens is 459 g/mol. The number of hydrogen-bond donors (Lipinski definition) is 2. The average Bonchev–Trinajstić information content (AvgIpc) is 2.50. The van der Waals surface area contributed by atoms with E-state index in [0.29, 0.717) is 26.5 Å². The molecule has 0 bridgehead atoms. The van der Waals surface area contributed by atoms with Gasteiger partial charge >= 0.3 is 0 Å². The standard InChI is InChI=1S/C15H10BrCl3N2O2S/c16-10-3-2-9(6-11(10)18)20-15(24)21-14(22)7-23-13-4-1-8(17)5-12(13)19/h1-6H,7H2,(H2,20,21,22,24). The summed E-state index contributed by atoms with van der Waals surface area (Å²) in [6.45, 7) is -0.246. The summed E-state index contributed by atoms with van der Waals surface area (Å²) in [5, 5.41) is 6.80. The van der Waals surface area contributed by atoms with E-state index in [4.69, 9.17) is 51.8 Å². The molecule has 2 rings (SSSR count). The van der Waals surface area contributed by atoms with Gasteiger partial charge in [-0.2, -0.15) is 0 Å². The number of ether oxygens (including phenoxy) is 1. The highest BCUT2D eigenvalue weighted by Crippen LogP contribution is 2.27. The Bertz CT molecular complexity index is 789. The van der Waals surface area contributed by atoms with Crippen LogP contribution in [-0.4, -0.2) is 17.6 Å². The van der Waals surface area contributed by atoms with Crippen molar-refractivity contribution in [2.45, 2.75) is 0 Å². The normalized spacial score (nSPS) is 10.2. The third-order valence-corrected chi connectivity index (χ3v) is 4.65. The maximum absolute atomic E-state index is 11.8. The number of hydrogen-bond acceptors (Lipinski definition) is 3. The van der Waals surface area contributed by atoms with Gasteiger partial charge < -0.3 is 10.1 Å². The van der Waals surface area contributed by atoms with Crippen LogP contribution in [-0.2, 0) is 4.79 Å². The Balaban J connectivity index is 1.85. The van der Waals surface area contributed by atoms with Crippen molar-refractivity contribution < 1.29 is 9.53 Å². The van der Waals surface area contributed by atoms with E-state index in [1.54, 1.807) is 30.3 Å². The summed E-state index contributed by atoms with van der Waals surface area (Å²) in [5.74, 6) is -0.0727. The number of halogens is 4. The Morgan fingerprint density at radius 1 is 1.12 bits per heavy atom. The lowest BCUT2D eigenvalue weighted by atomic mass is 10.3. The number of carbonyl (C=O) groups is 1. The van der Waals surface area contributed by atoms with Crippen molar-refractivity contribution in [2.24, 2.45) is 0 Å². The second kappa shape index (κ2) is 8.87. The molecule has 2 aromatic rings. The molecular formula is C15H10BrCl3N2O2S. The van der Waals surface area contributed by atoms with Crippen LogP contribution in [0.4, 0.5) is 5.69 Å². The van der Waals surface area contributed by atoms with Gasteiger partial charge in [-0.25, -0.2) is 0 Å². The zero-order chi connectivity index (χ0) is 17.7. The molecule has 2 N–H and O–H groups in total. The smallest absolute Gasteiger partial charge is 0.264 e. The average molecular weight is 469 g/mol. The van der Waals surface area contributed by atoms with E-state index in [1.165, 1.54) is 6.07 Å². The lowest BCUT2D eigenvalue weighted by Gasteiger charge is -2.11. The Kier molecular flexibility index (Phi) is 7.13. The predicted octanol–water partition coefficient (Wildman–Crippen LogP) is 5.30. The van der Waals surface area contributed by atoms with Crippen molar-refractivity contribution in [1.29, 1.82) is 0 Å². The number of carbonyl (C=O) groups excluding carboxylic acids is 1. The van der Waals surface area contributed by atoms with Gasteiger partial charge in [-0.3, -0.25) is 10.1 Å². The zero-order valence-corrected chi connectivity index (χ0v) is 16.6. The molecule has 4 nitrogen and oxygen atoms in total. The monoisotopic (exact) mass is 466 g/mol. The summed E-state index contributed by atoms with van der Waals surface area (Å²) in [4.78, 5) is 11.8. The lowest BCUT2D eigenvalue weighted by Crippen LogP contribution is -2.37.